The standard InChI is InChI=1S/C14H15BrN2O2/c1-2-3-6-16-14(19)11-8-13(18)17-12-5-4-9(15)7-10(11)12/h4-5,7-8H,2-3,6H2,1H3,(H,16,19)(H,17,18). The lowest BCUT2D eigenvalue weighted by Gasteiger charge is -2.07. The van der Waals surface area contributed by atoms with Gasteiger partial charge in [-0.1, -0.05) is 29.3 Å². The van der Waals surface area contributed by atoms with Crippen molar-refractivity contribution in [3.63, 3.8) is 0 Å². The molecule has 2 rings (SSSR count). The lowest BCUT2D eigenvalue weighted by atomic mass is 10.1. The topological polar surface area (TPSA) is 62.0 Å². The lowest BCUT2D eigenvalue weighted by molar-refractivity contribution is 0.0954. The number of halogens is 1. The maximum Gasteiger partial charge on any atom is 0.252 e. The zero-order valence-electron chi connectivity index (χ0n) is 10.6. The average Bonchev–Trinajstić information content (AvgIpc) is 2.38. The molecule has 1 amide bonds. The average molecular weight is 323 g/mol. The fourth-order valence-corrected chi connectivity index (χ4v) is 2.25. The molecule has 0 aliphatic carbocycles. The van der Waals surface area contributed by atoms with E-state index in [-0.39, 0.29) is 11.5 Å². The minimum Gasteiger partial charge on any atom is -0.352 e. The predicted octanol–water partition coefficient (Wildman–Crippen LogP) is 2.82. The molecule has 1 aromatic carbocycles. The highest BCUT2D eigenvalue weighted by atomic mass is 79.9. The molecule has 0 atom stereocenters. The van der Waals surface area contributed by atoms with E-state index < -0.39 is 0 Å². The summed E-state index contributed by atoms with van der Waals surface area (Å²) in [6.07, 6.45) is 1.94. The fourth-order valence-electron chi connectivity index (χ4n) is 1.89. The number of amides is 1. The Morgan fingerprint density at radius 2 is 2.16 bits per heavy atom. The molecule has 0 unspecified atom stereocenters. The van der Waals surface area contributed by atoms with Crippen molar-refractivity contribution < 1.29 is 4.79 Å². The molecule has 0 bridgehead atoms. The Kier molecular flexibility index (Phi) is 4.37. The summed E-state index contributed by atoms with van der Waals surface area (Å²) in [5.74, 6) is -0.206. The maximum absolute atomic E-state index is 12.1. The van der Waals surface area contributed by atoms with Crippen LogP contribution in [-0.4, -0.2) is 17.4 Å². The molecule has 100 valence electrons. The first-order valence-electron chi connectivity index (χ1n) is 6.22. The summed E-state index contributed by atoms with van der Waals surface area (Å²) < 4.78 is 0.870. The number of H-pyrrole nitrogens is 1. The van der Waals surface area contributed by atoms with Crippen LogP contribution < -0.4 is 10.9 Å². The molecule has 1 heterocycles. The van der Waals surface area contributed by atoms with Gasteiger partial charge in [-0.2, -0.15) is 0 Å². The second-order valence-corrected chi connectivity index (χ2v) is 5.26. The zero-order chi connectivity index (χ0) is 13.8. The van der Waals surface area contributed by atoms with Crippen LogP contribution in [0.25, 0.3) is 10.9 Å². The van der Waals surface area contributed by atoms with Gasteiger partial charge in [-0.25, -0.2) is 0 Å². The molecule has 1 aromatic heterocycles. The molecule has 2 N–H and O–H groups in total. The van der Waals surface area contributed by atoms with Crippen molar-refractivity contribution in [1.29, 1.82) is 0 Å². The largest absolute Gasteiger partial charge is 0.352 e. The lowest BCUT2D eigenvalue weighted by Crippen LogP contribution is -2.26. The number of nitrogens with one attached hydrogen (secondary N) is 2. The molecule has 0 aliphatic heterocycles. The van der Waals surface area contributed by atoms with Crippen molar-refractivity contribution in [2.45, 2.75) is 19.8 Å². The smallest absolute Gasteiger partial charge is 0.252 e. The van der Waals surface area contributed by atoms with E-state index >= 15 is 0 Å². The number of hydrogen-bond donors (Lipinski definition) is 2. The molecule has 5 heteroatoms. The van der Waals surface area contributed by atoms with Gasteiger partial charge >= 0.3 is 0 Å². The molecule has 19 heavy (non-hydrogen) atoms. The van der Waals surface area contributed by atoms with Crippen LogP contribution in [0, 0.1) is 0 Å². The number of carbonyl (C=O) groups is 1. The summed E-state index contributed by atoms with van der Waals surface area (Å²) in [5, 5.41) is 3.57. The van der Waals surface area contributed by atoms with Crippen LogP contribution in [0.4, 0.5) is 0 Å². The Labute approximate surface area is 119 Å². The van der Waals surface area contributed by atoms with Gasteiger partial charge in [0, 0.05) is 28.0 Å². The van der Waals surface area contributed by atoms with E-state index in [4.69, 9.17) is 0 Å². The van der Waals surface area contributed by atoms with Gasteiger partial charge in [-0.05, 0) is 24.6 Å². The van der Waals surface area contributed by atoms with Crippen molar-refractivity contribution >= 4 is 32.7 Å². The van der Waals surface area contributed by atoms with Crippen LogP contribution in [0.3, 0.4) is 0 Å². The Morgan fingerprint density at radius 1 is 1.37 bits per heavy atom. The Morgan fingerprint density at radius 3 is 2.89 bits per heavy atom. The molecule has 0 fully saturated rings. The van der Waals surface area contributed by atoms with Crippen molar-refractivity contribution in [3.8, 4) is 0 Å². The molecule has 0 aliphatic rings. The first-order chi connectivity index (χ1) is 9.11. The van der Waals surface area contributed by atoms with E-state index in [9.17, 15) is 9.59 Å². The SMILES string of the molecule is CCCCNC(=O)c1cc(=O)[nH]c2ccc(Br)cc12. The van der Waals surface area contributed by atoms with Gasteiger partial charge in [0.15, 0.2) is 0 Å². The summed E-state index contributed by atoms with van der Waals surface area (Å²) in [5.41, 5.74) is 0.808. The molecule has 0 saturated heterocycles. The molecule has 0 saturated carbocycles. The van der Waals surface area contributed by atoms with E-state index in [1.807, 2.05) is 12.1 Å². The summed E-state index contributed by atoms with van der Waals surface area (Å²) in [4.78, 5) is 26.4. The van der Waals surface area contributed by atoms with Crippen molar-refractivity contribution in [2.24, 2.45) is 0 Å². The first kappa shape index (κ1) is 13.8. The second-order valence-electron chi connectivity index (χ2n) is 4.35. The van der Waals surface area contributed by atoms with Crippen LogP contribution in [0.1, 0.15) is 30.1 Å². The van der Waals surface area contributed by atoms with Crippen molar-refractivity contribution in [1.82, 2.24) is 10.3 Å². The minimum atomic E-state index is -0.268. The number of fused-ring (bicyclic) bond motifs is 1. The third-order valence-electron chi connectivity index (χ3n) is 2.87. The van der Waals surface area contributed by atoms with Gasteiger partial charge in [0.2, 0.25) is 5.56 Å². The van der Waals surface area contributed by atoms with Crippen LogP contribution in [0.15, 0.2) is 33.5 Å². The number of rotatable bonds is 4. The van der Waals surface area contributed by atoms with Crippen LogP contribution in [-0.2, 0) is 0 Å². The Bertz CT molecular complexity index is 664. The van der Waals surface area contributed by atoms with E-state index in [1.54, 1.807) is 6.07 Å². The summed E-state index contributed by atoms with van der Waals surface area (Å²) in [6.45, 7) is 2.68. The van der Waals surface area contributed by atoms with E-state index in [2.05, 4.69) is 33.2 Å². The van der Waals surface area contributed by atoms with Gasteiger partial charge in [-0.15, -0.1) is 0 Å². The van der Waals surface area contributed by atoms with Gasteiger partial charge < -0.3 is 10.3 Å². The van der Waals surface area contributed by atoms with Crippen molar-refractivity contribution in [3.05, 3.63) is 44.7 Å². The number of aromatic nitrogens is 1. The molecule has 4 nitrogen and oxygen atoms in total. The Balaban J connectivity index is 2.43. The Hall–Kier alpha value is -1.62. The summed E-state index contributed by atoms with van der Waals surface area (Å²) >= 11 is 3.37. The molecule has 2 aromatic rings. The third kappa shape index (κ3) is 3.23. The summed E-state index contributed by atoms with van der Waals surface area (Å²) in [7, 11) is 0. The molecule has 0 spiro atoms. The van der Waals surface area contributed by atoms with E-state index in [0.717, 1.165) is 22.7 Å². The number of aromatic amines is 1. The molecular weight excluding hydrogens is 308 g/mol. The molecule has 0 radical (unpaired) electrons. The zero-order valence-corrected chi connectivity index (χ0v) is 12.2. The summed E-state index contributed by atoms with van der Waals surface area (Å²) in [6, 6.07) is 6.79. The highest BCUT2D eigenvalue weighted by molar-refractivity contribution is 9.10. The van der Waals surface area contributed by atoms with Gasteiger partial charge in [0.1, 0.15) is 0 Å². The highest BCUT2D eigenvalue weighted by Gasteiger charge is 2.11. The van der Waals surface area contributed by atoms with Crippen molar-refractivity contribution in [2.75, 3.05) is 6.54 Å². The van der Waals surface area contributed by atoms with Gasteiger partial charge in [0.25, 0.3) is 5.91 Å². The number of hydrogen-bond acceptors (Lipinski definition) is 2. The molecular formula is C14H15BrN2O2. The maximum atomic E-state index is 12.1. The number of pyridine rings is 1. The van der Waals surface area contributed by atoms with Gasteiger partial charge in [-0.3, -0.25) is 9.59 Å². The van der Waals surface area contributed by atoms with E-state index in [0.29, 0.717) is 17.6 Å². The fraction of sp³-hybridized carbons (Fsp3) is 0.286. The minimum absolute atomic E-state index is 0.206. The van der Waals surface area contributed by atoms with Crippen LogP contribution >= 0.6 is 15.9 Å². The van der Waals surface area contributed by atoms with E-state index in [1.165, 1.54) is 6.07 Å². The normalized spacial score (nSPS) is 10.6. The van der Waals surface area contributed by atoms with Gasteiger partial charge in [0.05, 0.1) is 5.56 Å². The highest BCUT2D eigenvalue weighted by Crippen LogP contribution is 2.20. The number of benzene rings is 1. The van der Waals surface area contributed by atoms with Crippen LogP contribution in [0.2, 0.25) is 0 Å². The second kappa shape index (κ2) is 6.02. The number of unbranched alkanes of at least 4 members (excludes halogenated alkanes) is 1. The van der Waals surface area contributed by atoms with Crippen LogP contribution in [0.5, 0.6) is 0 Å². The quantitative estimate of drug-likeness (QED) is 0.850. The first-order valence-corrected chi connectivity index (χ1v) is 7.02. The monoisotopic (exact) mass is 322 g/mol. The predicted molar refractivity (Wildman–Crippen MR) is 79.5 cm³/mol. The number of carbonyl (C=O) groups excluding carboxylic acids is 1. The third-order valence-corrected chi connectivity index (χ3v) is 3.36.